The Morgan fingerprint density at radius 3 is 2.77 bits per heavy atom. The molecule has 26 heavy (non-hydrogen) atoms. The number of H-pyrrole nitrogens is 1. The number of nitrogens with one attached hydrogen (secondary N) is 1. The number of aryl methyl sites for hydroxylation is 1. The number of hydrogen-bond acceptors (Lipinski definition) is 5. The van der Waals surface area contributed by atoms with Crippen LogP contribution in [-0.4, -0.2) is 28.3 Å². The van der Waals surface area contributed by atoms with Crippen molar-refractivity contribution in [2.45, 2.75) is 26.7 Å². The molecule has 0 atom stereocenters. The summed E-state index contributed by atoms with van der Waals surface area (Å²) in [6.07, 6.45) is 5.97. The minimum absolute atomic E-state index is 0.130. The van der Waals surface area contributed by atoms with E-state index in [1.54, 1.807) is 25.4 Å². The Kier molecular flexibility index (Phi) is 5.31. The fourth-order valence-corrected chi connectivity index (χ4v) is 2.68. The van der Waals surface area contributed by atoms with Crippen LogP contribution in [0.4, 0.5) is 0 Å². The number of ether oxygens (including phenoxy) is 2. The number of rotatable bonds is 7. The fraction of sp³-hybridized carbons (Fsp3) is 0.250. The highest BCUT2D eigenvalue weighted by Gasteiger charge is 2.16. The summed E-state index contributed by atoms with van der Waals surface area (Å²) >= 11 is 0. The van der Waals surface area contributed by atoms with Crippen LogP contribution in [0.1, 0.15) is 36.2 Å². The third-order valence-electron chi connectivity index (χ3n) is 3.97. The molecular weight excluding hydrogens is 332 g/mol. The Hall–Kier alpha value is -3.15. The predicted molar refractivity (Wildman–Crippen MR) is 97.7 cm³/mol. The highest BCUT2D eigenvalue weighted by atomic mass is 16.6. The lowest BCUT2D eigenvalue weighted by atomic mass is 10.1. The minimum atomic E-state index is -0.500. The SMILES string of the molecule is CCOc1cc(CCC(C)=O)ccc1OC(=O)c1cncc2[nH]ccc12. The van der Waals surface area contributed by atoms with Crippen LogP contribution in [0.15, 0.2) is 42.9 Å². The van der Waals surface area contributed by atoms with Gasteiger partial charge in [0, 0.05) is 24.2 Å². The standard InChI is InChI=1S/C20H20N2O4/c1-3-25-19-10-14(5-4-13(2)23)6-7-18(19)26-20(24)16-11-21-12-17-15(16)8-9-22-17/h6-12,22H,3-5H2,1-2H3. The van der Waals surface area contributed by atoms with Crippen LogP contribution in [0.5, 0.6) is 11.5 Å². The molecule has 0 aliphatic rings. The number of pyridine rings is 1. The van der Waals surface area contributed by atoms with Crippen molar-refractivity contribution in [3.8, 4) is 11.5 Å². The Bertz CT molecular complexity index is 946. The third-order valence-corrected chi connectivity index (χ3v) is 3.97. The molecule has 0 amide bonds. The van der Waals surface area contributed by atoms with Crippen LogP contribution in [0, 0.1) is 0 Å². The molecule has 1 aromatic carbocycles. The quantitative estimate of drug-likeness (QED) is 0.518. The molecule has 0 saturated heterocycles. The predicted octanol–water partition coefficient (Wildman–Crippen LogP) is 3.70. The van der Waals surface area contributed by atoms with Crippen molar-refractivity contribution in [2.75, 3.05) is 6.61 Å². The number of aromatic nitrogens is 2. The number of esters is 1. The topological polar surface area (TPSA) is 81.3 Å². The number of Topliss-reactive ketones (excluding diaryl/α,β-unsaturated/α-hetero) is 1. The van der Waals surface area contributed by atoms with Gasteiger partial charge in [-0.2, -0.15) is 0 Å². The molecule has 0 saturated carbocycles. The van der Waals surface area contributed by atoms with E-state index in [-0.39, 0.29) is 5.78 Å². The second-order valence-corrected chi connectivity index (χ2v) is 5.93. The van der Waals surface area contributed by atoms with Crippen molar-refractivity contribution >= 4 is 22.7 Å². The summed E-state index contributed by atoms with van der Waals surface area (Å²) in [5.41, 5.74) is 2.11. The van der Waals surface area contributed by atoms with Crippen molar-refractivity contribution in [3.63, 3.8) is 0 Å². The lowest BCUT2D eigenvalue weighted by Crippen LogP contribution is -2.10. The molecule has 3 aromatic rings. The fourth-order valence-electron chi connectivity index (χ4n) is 2.68. The van der Waals surface area contributed by atoms with Crippen LogP contribution >= 0.6 is 0 Å². The number of fused-ring (bicyclic) bond motifs is 1. The summed E-state index contributed by atoms with van der Waals surface area (Å²) in [7, 11) is 0. The van der Waals surface area contributed by atoms with Crippen LogP contribution in [0.25, 0.3) is 10.9 Å². The van der Waals surface area contributed by atoms with Gasteiger partial charge in [0.15, 0.2) is 11.5 Å². The molecule has 0 spiro atoms. The summed E-state index contributed by atoms with van der Waals surface area (Å²) in [5, 5.41) is 0.751. The van der Waals surface area contributed by atoms with Crippen LogP contribution < -0.4 is 9.47 Å². The van der Waals surface area contributed by atoms with Gasteiger partial charge in [0.25, 0.3) is 0 Å². The largest absolute Gasteiger partial charge is 0.490 e. The van der Waals surface area contributed by atoms with E-state index in [0.717, 1.165) is 16.5 Å². The number of nitrogens with zero attached hydrogens (tertiary/aromatic N) is 1. The van der Waals surface area contributed by atoms with Gasteiger partial charge in [-0.3, -0.25) is 4.98 Å². The zero-order valence-corrected chi connectivity index (χ0v) is 14.7. The molecular formula is C20H20N2O4. The molecule has 0 bridgehead atoms. The Morgan fingerprint density at radius 2 is 2.00 bits per heavy atom. The zero-order valence-electron chi connectivity index (χ0n) is 14.7. The molecule has 0 unspecified atom stereocenters. The van der Waals surface area contributed by atoms with E-state index in [1.165, 1.54) is 6.20 Å². The van der Waals surface area contributed by atoms with Gasteiger partial charge in [-0.15, -0.1) is 0 Å². The summed E-state index contributed by atoms with van der Waals surface area (Å²) in [5.74, 6) is 0.456. The van der Waals surface area contributed by atoms with E-state index < -0.39 is 5.97 Å². The minimum Gasteiger partial charge on any atom is -0.490 e. The first-order valence-corrected chi connectivity index (χ1v) is 8.47. The van der Waals surface area contributed by atoms with Gasteiger partial charge in [0.05, 0.1) is 23.9 Å². The number of aromatic amines is 1. The van der Waals surface area contributed by atoms with Crippen molar-refractivity contribution in [1.82, 2.24) is 9.97 Å². The van der Waals surface area contributed by atoms with E-state index in [1.807, 2.05) is 25.1 Å². The number of carbonyl (C=O) groups excluding carboxylic acids is 2. The van der Waals surface area contributed by atoms with Gasteiger partial charge >= 0.3 is 5.97 Å². The van der Waals surface area contributed by atoms with Crippen molar-refractivity contribution in [1.29, 1.82) is 0 Å². The van der Waals surface area contributed by atoms with Crippen molar-refractivity contribution in [3.05, 3.63) is 54.0 Å². The third kappa shape index (κ3) is 3.91. The van der Waals surface area contributed by atoms with Crippen LogP contribution in [0.2, 0.25) is 0 Å². The second-order valence-electron chi connectivity index (χ2n) is 5.93. The molecule has 6 nitrogen and oxygen atoms in total. The Labute approximate surface area is 151 Å². The van der Waals surface area contributed by atoms with Crippen molar-refractivity contribution in [2.24, 2.45) is 0 Å². The Balaban J connectivity index is 1.85. The molecule has 6 heteroatoms. The van der Waals surface area contributed by atoms with E-state index >= 15 is 0 Å². The van der Waals surface area contributed by atoms with Gasteiger partial charge in [0.2, 0.25) is 0 Å². The molecule has 0 fully saturated rings. The van der Waals surface area contributed by atoms with E-state index in [9.17, 15) is 9.59 Å². The summed E-state index contributed by atoms with van der Waals surface area (Å²) in [6.45, 7) is 3.86. The first-order valence-electron chi connectivity index (χ1n) is 8.47. The lowest BCUT2D eigenvalue weighted by molar-refractivity contribution is -0.116. The molecule has 2 aromatic heterocycles. The lowest BCUT2D eigenvalue weighted by Gasteiger charge is -2.12. The molecule has 0 radical (unpaired) electrons. The first kappa shape index (κ1) is 17.7. The van der Waals surface area contributed by atoms with Gasteiger partial charge in [0.1, 0.15) is 5.78 Å². The zero-order chi connectivity index (χ0) is 18.5. The van der Waals surface area contributed by atoms with Gasteiger partial charge < -0.3 is 19.3 Å². The maximum Gasteiger partial charge on any atom is 0.345 e. The second kappa shape index (κ2) is 7.82. The molecule has 0 aliphatic carbocycles. The highest BCUT2D eigenvalue weighted by Crippen LogP contribution is 2.30. The summed E-state index contributed by atoms with van der Waals surface area (Å²) in [4.78, 5) is 30.9. The van der Waals surface area contributed by atoms with Gasteiger partial charge in [-0.25, -0.2) is 4.79 Å². The normalized spacial score (nSPS) is 10.7. The summed E-state index contributed by atoms with van der Waals surface area (Å²) < 4.78 is 11.2. The van der Waals surface area contributed by atoms with Crippen LogP contribution in [-0.2, 0) is 11.2 Å². The molecule has 1 N–H and O–H groups in total. The smallest absolute Gasteiger partial charge is 0.345 e. The number of benzene rings is 1. The maximum absolute atomic E-state index is 12.6. The van der Waals surface area contributed by atoms with Gasteiger partial charge in [-0.05, 0) is 44.0 Å². The summed E-state index contributed by atoms with van der Waals surface area (Å²) in [6, 6.07) is 7.15. The number of hydrogen-bond donors (Lipinski definition) is 1. The molecule has 2 heterocycles. The van der Waals surface area contributed by atoms with Gasteiger partial charge in [-0.1, -0.05) is 6.07 Å². The number of ketones is 1. The average molecular weight is 352 g/mol. The van der Waals surface area contributed by atoms with E-state index in [4.69, 9.17) is 9.47 Å². The van der Waals surface area contributed by atoms with Crippen molar-refractivity contribution < 1.29 is 19.1 Å². The molecule has 134 valence electrons. The van der Waals surface area contributed by atoms with Crippen LogP contribution in [0.3, 0.4) is 0 Å². The average Bonchev–Trinajstić information content (AvgIpc) is 3.10. The first-order chi connectivity index (χ1) is 12.6. The monoisotopic (exact) mass is 352 g/mol. The van der Waals surface area contributed by atoms with E-state index in [0.29, 0.717) is 36.5 Å². The molecule has 0 aliphatic heterocycles. The van der Waals surface area contributed by atoms with E-state index in [2.05, 4.69) is 9.97 Å². The maximum atomic E-state index is 12.6. The number of carbonyl (C=O) groups is 2. The Morgan fingerprint density at radius 1 is 1.15 bits per heavy atom. The molecule has 3 rings (SSSR count). The highest BCUT2D eigenvalue weighted by molar-refractivity contribution is 6.04.